The smallest absolute Gasteiger partial charge is 0.297 e. The van der Waals surface area contributed by atoms with E-state index < -0.39 is 35.4 Å². The standard InChI is InChI=1S/C27H35F7O/c1-3-4-16(2)17-5-7-18(8-6-17)19-9-11-20(12-10-19)21-13-14-22-23(15-21)27(33,34)35-24(25(22,28)29)26(30,31)32/h13-20,24H,3-12H2,1-2H3. The zero-order valence-corrected chi connectivity index (χ0v) is 20.3. The van der Waals surface area contributed by atoms with Gasteiger partial charge in [-0.3, -0.25) is 4.74 Å². The van der Waals surface area contributed by atoms with E-state index in [-0.39, 0.29) is 5.92 Å². The second-order valence-electron chi connectivity index (χ2n) is 11.0. The van der Waals surface area contributed by atoms with Gasteiger partial charge in [0.05, 0.1) is 5.56 Å². The molecule has 0 spiro atoms. The predicted octanol–water partition coefficient (Wildman–Crippen LogP) is 9.31. The Morgan fingerprint density at radius 3 is 2.00 bits per heavy atom. The molecular formula is C27H35F7O. The minimum atomic E-state index is -5.62. The Morgan fingerprint density at radius 1 is 0.886 bits per heavy atom. The molecule has 8 heteroatoms. The van der Waals surface area contributed by atoms with Crippen molar-refractivity contribution >= 4 is 0 Å². The minimum Gasteiger partial charge on any atom is -0.297 e. The Morgan fingerprint density at radius 2 is 1.46 bits per heavy atom. The number of benzene rings is 1. The lowest BCUT2D eigenvalue weighted by Crippen LogP contribution is -2.52. The number of halogens is 7. The molecule has 2 atom stereocenters. The summed E-state index contributed by atoms with van der Waals surface area (Å²) in [6.45, 7) is 4.58. The first-order valence-corrected chi connectivity index (χ1v) is 13.0. The summed E-state index contributed by atoms with van der Waals surface area (Å²) >= 11 is 0. The summed E-state index contributed by atoms with van der Waals surface area (Å²) in [4.78, 5) is 0. The lowest BCUT2D eigenvalue weighted by atomic mass is 9.66. The van der Waals surface area contributed by atoms with E-state index in [0.29, 0.717) is 17.4 Å². The van der Waals surface area contributed by atoms with Gasteiger partial charge in [-0.05, 0) is 92.6 Å². The summed E-state index contributed by atoms with van der Waals surface area (Å²) in [6.07, 6.45) is -3.00. The largest absolute Gasteiger partial charge is 0.421 e. The quantitative estimate of drug-likeness (QED) is 0.360. The van der Waals surface area contributed by atoms with E-state index in [1.165, 1.54) is 44.6 Å². The average molecular weight is 509 g/mol. The third-order valence-electron chi connectivity index (χ3n) is 8.88. The van der Waals surface area contributed by atoms with Gasteiger partial charge in [0.25, 0.3) is 0 Å². The lowest BCUT2D eigenvalue weighted by molar-refractivity contribution is -0.386. The van der Waals surface area contributed by atoms with Crippen molar-refractivity contribution in [2.24, 2.45) is 23.7 Å². The molecule has 35 heavy (non-hydrogen) atoms. The highest BCUT2D eigenvalue weighted by Crippen LogP contribution is 2.54. The molecule has 1 aliphatic heterocycles. The topological polar surface area (TPSA) is 9.23 Å². The van der Waals surface area contributed by atoms with Crippen LogP contribution < -0.4 is 0 Å². The number of hydrogen-bond acceptors (Lipinski definition) is 1. The van der Waals surface area contributed by atoms with Crippen molar-refractivity contribution in [3.8, 4) is 0 Å². The van der Waals surface area contributed by atoms with Crippen LogP contribution in [0.25, 0.3) is 0 Å². The van der Waals surface area contributed by atoms with Gasteiger partial charge >= 0.3 is 18.2 Å². The maximum Gasteiger partial charge on any atom is 0.421 e. The third-order valence-corrected chi connectivity index (χ3v) is 8.88. The number of hydrogen-bond donors (Lipinski definition) is 0. The van der Waals surface area contributed by atoms with E-state index in [4.69, 9.17) is 0 Å². The highest BCUT2D eigenvalue weighted by atomic mass is 19.4. The molecule has 2 fully saturated rings. The van der Waals surface area contributed by atoms with Gasteiger partial charge in [-0.15, -0.1) is 0 Å². The molecule has 1 heterocycles. The van der Waals surface area contributed by atoms with Crippen molar-refractivity contribution in [2.75, 3.05) is 0 Å². The van der Waals surface area contributed by atoms with Gasteiger partial charge in [0.2, 0.25) is 6.10 Å². The van der Waals surface area contributed by atoms with E-state index >= 15 is 0 Å². The summed E-state index contributed by atoms with van der Waals surface area (Å²) in [6, 6.07) is 2.98. The summed E-state index contributed by atoms with van der Waals surface area (Å²) in [5, 5.41) is 0. The van der Waals surface area contributed by atoms with Gasteiger partial charge in [-0.25, -0.2) is 0 Å². The normalized spacial score (nSPS) is 33.7. The Labute approximate surface area is 202 Å². The third kappa shape index (κ3) is 5.37. The average Bonchev–Trinajstić information content (AvgIpc) is 2.81. The van der Waals surface area contributed by atoms with Crippen LogP contribution in [0.15, 0.2) is 18.2 Å². The molecule has 1 nitrogen and oxygen atoms in total. The zero-order valence-electron chi connectivity index (χ0n) is 20.3. The molecule has 0 radical (unpaired) electrons. The summed E-state index contributed by atoms with van der Waals surface area (Å²) in [5.74, 6) is -1.81. The van der Waals surface area contributed by atoms with Crippen LogP contribution in [0.2, 0.25) is 0 Å². The molecule has 1 aromatic carbocycles. The zero-order chi connectivity index (χ0) is 25.6. The van der Waals surface area contributed by atoms with Gasteiger partial charge in [0.15, 0.2) is 0 Å². The molecule has 3 aliphatic rings. The number of fused-ring (bicyclic) bond motifs is 1. The maximum absolute atomic E-state index is 14.5. The monoisotopic (exact) mass is 508 g/mol. The van der Waals surface area contributed by atoms with Crippen LogP contribution in [0, 0.1) is 23.7 Å². The van der Waals surface area contributed by atoms with Gasteiger partial charge in [-0.2, -0.15) is 30.7 Å². The van der Waals surface area contributed by atoms with E-state index in [2.05, 4.69) is 18.6 Å². The molecule has 2 aliphatic carbocycles. The molecule has 0 aromatic heterocycles. The number of rotatable bonds is 5. The fourth-order valence-electron chi connectivity index (χ4n) is 6.85. The van der Waals surface area contributed by atoms with Crippen LogP contribution in [0.5, 0.6) is 0 Å². The van der Waals surface area contributed by atoms with Crippen LogP contribution in [0.1, 0.15) is 101 Å². The molecule has 0 N–H and O–H groups in total. The van der Waals surface area contributed by atoms with Crippen molar-refractivity contribution in [1.82, 2.24) is 0 Å². The van der Waals surface area contributed by atoms with E-state index in [1.54, 1.807) is 0 Å². The van der Waals surface area contributed by atoms with Crippen molar-refractivity contribution in [1.29, 1.82) is 0 Å². The molecule has 0 amide bonds. The SMILES string of the molecule is CCCC(C)C1CCC(C2CCC(c3ccc4c(c3)C(F)(F)OC(C(F)(F)F)C4(F)F)CC2)CC1. The molecule has 4 rings (SSSR count). The first kappa shape index (κ1) is 26.7. The molecule has 2 unspecified atom stereocenters. The Bertz CT molecular complexity index is 865. The molecule has 2 saturated carbocycles. The minimum absolute atomic E-state index is 0.0674. The van der Waals surface area contributed by atoms with Crippen LogP contribution in [-0.2, 0) is 16.8 Å². The Balaban J connectivity index is 1.41. The second-order valence-corrected chi connectivity index (χ2v) is 11.0. The maximum atomic E-state index is 14.5. The summed E-state index contributed by atoms with van der Waals surface area (Å²) in [7, 11) is 0. The Kier molecular flexibility index (Phi) is 7.54. The van der Waals surface area contributed by atoms with E-state index in [0.717, 1.165) is 49.7 Å². The fraction of sp³-hybridized carbons (Fsp3) is 0.778. The van der Waals surface area contributed by atoms with E-state index in [1.807, 2.05) is 0 Å². The van der Waals surface area contributed by atoms with Gasteiger partial charge in [-0.1, -0.05) is 38.8 Å². The summed E-state index contributed by atoms with van der Waals surface area (Å²) in [5.41, 5.74) is -1.98. The van der Waals surface area contributed by atoms with Crippen LogP contribution in [0.4, 0.5) is 30.7 Å². The van der Waals surface area contributed by atoms with Crippen LogP contribution in [-0.4, -0.2) is 12.3 Å². The predicted molar refractivity (Wildman–Crippen MR) is 119 cm³/mol. The van der Waals surface area contributed by atoms with Crippen LogP contribution in [0.3, 0.4) is 0 Å². The van der Waals surface area contributed by atoms with Gasteiger partial charge in [0.1, 0.15) is 0 Å². The summed E-state index contributed by atoms with van der Waals surface area (Å²) < 4.78 is 100. The highest BCUT2D eigenvalue weighted by molar-refractivity contribution is 5.41. The first-order chi connectivity index (χ1) is 16.3. The molecule has 1 aromatic rings. The van der Waals surface area contributed by atoms with Crippen LogP contribution >= 0.6 is 0 Å². The number of alkyl halides is 7. The molecular weight excluding hydrogens is 473 g/mol. The van der Waals surface area contributed by atoms with E-state index in [9.17, 15) is 30.7 Å². The second kappa shape index (κ2) is 9.86. The van der Waals surface area contributed by atoms with Gasteiger partial charge in [0, 0.05) is 5.56 Å². The molecule has 0 saturated heterocycles. The van der Waals surface area contributed by atoms with Crippen molar-refractivity contribution in [2.45, 2.75) is 108 Å². The lowest BCUT2D eigenvalue weighted by Gasteiger charge is -2.40. The molecule has 0 bridgehead atoms. The van der Waals surface area contributed by atoms with Crippen molar-refractivity contribution in [3.05, 3.63) is 34.9 Å². The number of ether oxygens (including phenoxy) is 1. The van der Waals surface area contributed by atoms with Gasteiger partial charge < -0.3 is 0 Å². The highest BCUT2D eigenvalue weighted by Gasteiger charge is 2.66. The Hall–Kier alpha value is -1.31. The van der Waals surface area contributed by atoms with Crippen molar-refractivity contribution in [3.63, 3.8) is 0 Å². The fourth-order valence-corrected chi connectivity index (χ4v) is 6.85. The first-order valence-electron chi connectivity index (χ1n) is 13.0. The van der Waals surface area contributed by atoms with Crippen molar-refractivity contribution < 1.29 is 35.5 Å². The molecule has 198 valence electrons.